The summed E-state index contributed by atoms with van der Waals surface area (Å²) >= 11 is 0. The van der Waals surface area contributed by atoms with Gasteiger partial charge >= 0.3 is 0 Å². The Kier molecular flexibility index (Phi) is 4.08. The summed E-state index contributed by atoms with van der Waals surface area (Å²) in [5.74, 6) is 1.99. The molecule has 1 aromatic carbocycles. The maximum Gasteiger partial charge on any atom is 0.280 e. The maximum absolute atomic E-state index is 5.35. The Morgan fingerprint density at radius 2 is 2.00 bits per heavy atom. The number of aromatic nitrogens is 5. The SMILES string of the molecule is COc1ccc(-c2noc(-c3cn(CC4(C)COC4)nn3)n2)cc1OC. The van der Waals surface area contributed by atoms with Gasteiger partial charge in [0, 0.05) is 11.0 Å². The van der Waals surface area contributed by atoms with Crippen LogP contribution in [-0.2, 0) is 11.3 Å². The molecule has 0 radical (unpaired) electrons. The Balaban J connectivity index is 1.56. The van der Waals surface area contributed by atoms with Gasteiger partial charge in [0.1, 0.15) is 0 Å². The zero-order valence-electron chi connectivity index (χ0n) is 14.8. The molecule has 0 bridgehead atoms. The predicted octanol–water partition coefficient (Wildman–Crippen LogP) is 2.05. The van der Waals surface area contributed by atoms with Gasteiger partial charge in [0.15, 0.2) is 17.2 Å². The van der Waals surface area contributed by atoms with Gasteiger partial charge in [-0.1, -0.05) is 17.3 Å². The van der Waals surface area contributed by atoms with Crippen molar-refractivity contribution in [1.29, 1.82) is 0 Å². The van der Waals surface area contributed by atoms with Crippen molar-refractivity contribution in [3.05, 3.63) is 24.4 Å². The van der Waals surface area contributed by atoms with Crippen molar-refractivity contribution in [2.45, 2.75) is 13.5 Å². The molecule has 0 spiro atoms. The van der Waals surface area contributed by atoms with E-state index in [4.69, 9.17) is 18.7 Å². The highest BCUT2D eigenvalue weighted by molar-refractivity contribution is 5.62. The van der Waals surface area contributed by atoms with Crippen molar-refractivity contribution in [2.24, 2.45) is 5.41 Å². The van der Waals surface area contributed by atoms with E-state index >= 15 is 0 Å². The zero-order chi connectivity index (χ0) is 18.1. The number of nitrogens with zero attached hydrogens (tertiary/aromatic N) is 5. The van der Waals surface area contributed by atoms with Crippen molar-refractivity contribution in [3.8, 4) is 34.5 Å². The molecule has 1 fully saturated rings. The van der Waals surface area contributed by atoms with E-state index in [0.29, 0.717) is 28.9 Å². The molecule has 136 valence electrons. The molecular formula is C17H19N5O4. The Morgan fingerprint density at radius 3 is 2.69 bits per heavy atom. The third-order valence-corrected chi connectivity index (χ3v) is 4.27. The minimum Gasteiger partial charge on any atom is -0.493 e. The van der Waals surface area contributed by atoms with E-state index in [0.717, 1.165) is 25.3 Å². The summed E-state index contributed by atoms with van der Waals surface area (Å²) in [6.07, 6.45) is 1.80. The van der Waals surface area contributed by atoms with E-state index in [1.165, 1.54) is 0 Å². The number of hydrogen-bond acceptors (Lipinski definition) is 8. The molecule has 3 aromatic rings. The second-order valence-electron chi connectivity index (χ2n) is 6.60. The molecule has 1 saturated heterocycles. The van der Waals surface area contributed by atoms with Gasteiger partial charge in [-0.2, -0.15) is 4.98 Å². The molecular weight excluding hydrogens is 338 g/mol. The average Bonchev–Trinajstić information content (AvgIpc) is 3.29. The molecule has 9 nitrogen and oxygen atoms in total. The molecule has 3 heterocycles. The molecule has 1 aliphatic rings. The Morgan fingerprint density at radius 1 is 1.19 bits per heavy atom. The lowest BCUT2D eigenvalue weighted by atomic mass is 9.89. The van der Waals surface area contributed by atoms with Crippen LogP contribution in [0, 0.1) is 5.41 Å². The molecule has 0 amide bonds. The lowest BCUT2D eigenvalue weighted by molar-refractivity contribution is -0.111. The monoisotopic (exact) mass is 357 g/mol. The van der Waals surface area contributed by atoms with Gasteiger partial charge in [-0.05, 0) is 18.2 Å². The van der Waals surface area contributed by atoms with E-state index in [1.54, 1.807) is 37.2 Å². The lowest BCUT2D eigenvalue weighted by Gasteiger charge is -2.37. The van der Waals surface area contributed by atoms with Crippen LogP contribution in [0.25, 0.3) is 23.0 Å². The zero-order valence-corrected chi connectivity index (χ0v) is 14.8. The summed E-state index contributed by atoms with van der Waals surface area (Å²) in [5, 5.41) is 12.3. The lowest BCUT2D eigenvalue weighted by Crippen LogP contribution is -2.43. The Labute approximate surface area is 149 Å². The van der Waals surface area contributed by atoms with Crippen LogP contribution in [0.3, 0.4) is 0 Å². The number of methoxy groups -OCH3 is 2. The van der Waals surface area contributed by atoms with Gasteiger partial charge in [-0.15, -0.1) is 5.10 Å². The molecule has 9 heteroatoms. The first-order valence-corrected chi connectivity index (χ1v) is 8.15. The standard InChI is InChI=1S/C17H19N5O4/c1-17(9-25-10-17)8-22-7-12(19-21-22)16-18-15(20-26-16)11-4-5-13(23-2)14(6-11)24-3/h4-7H,8-10H2,1-3H3. The quantitative estimate of drug-likeness (QED) is 0.661. The predicted molar refractivity (Wildman–Crippen MR) is 90.8 cm³/mol. The highest BCUT2D eigenvalue weighted by Gasteiger charge is 2.34. The fraction of sp³-hybridized carbons (Fsp3) is 0.412. The molecule has 2 aromatic heterocycles. The minimum atomic E-state index is 0.102. The molecule has 4 rings (SSSR count). The fourth-order valence-electron chi connectivity index (χ4n) is 2.83. The Hall–Kier alpha value is -2.94. The maximum atomic E-state index is 5.35. The number of benzene rings is 1. The van der Waals surface area contributed by atoms with Crippen LogP contribution in [0.1, 0.15) is 6.92 Å². The molecule has 0 unspecified atom stereocenters. The second-order valence-corrected chi connectivity index (χ2v) is 6.60. The molecule has 26 heavy (non-hydrogen) atoms. The first-order chi connectivity index (χ1) is 12.6. The van der Waals surface area contributed by atoms with Crippen LogP contribution < -0.4 is 9.47 Å². The number of hydrogen-bond donors (Lipinski definition) is 0. The van der Waals surface area contributed by atoms with Gasteiger partial charge in [0.2, 0.25) is 5.82 Å². The van der Waals surface area contributed by atoms with Crippen molar-refractivity contribution in [1.82, 2.24) is 25.1 Å². The van der Waals surface area contributed by atoms with E-state index in [9.17, 15) is 0 Å². The normalized spacial score (nSPS) is 15.5. The number of ether oxygens (including phenoxy) is 3. The molecule has 1 aliphatic heterocycles. The molecule has 0 saturated carbocycles. The number of rotatable bonds is 6. The molecule has 0 atom stereocenters. The average molecular weight is 357 g/mol. The van der Waals surface area contributed by atoms with Crippen LogP contribution in [-0.4, -0.2) is 52.6 Å². The van der Waals surface area contributed by atoms with Crippen LogP contribution in [0.4, 0.5) is 0 Å². The van der Waals surface area contributed by atoms with Crippen LogP contribution in [0.15, 0.2) is 28.9 Å². The van der Waals surface area contributed by atoms with Gasteiger partial charge in [-0.25, -0.2) is 0 Å². The molecule has 0 aliphatic carbocycles. The summed E-state index contributed by atoms with van der Waals surface area (Å²) in [5.41, 5.74) is 1.39. The minimum absolute atomic E-state index is 0.102. The summed E-state index contributed by atoms with van der Waals surface area (Å²) in [6, 6.07) is 5.42. The Bertz CT molecular complexity index is 916. The smallest absolute Gasteiger partial charge is 0.280 e. The van der Waals surface area contributed by atoms with Crippen LogP contribution in [0.5, 0.6) is 11.5 Å². The first kappa shape index (κ1) is 16.5. The molecule has 0 N–H and O–H groups in total. The highest BCUT2D eigenvalue weighted by Crippen LogP contribution is 2.32. The van der Waals surface area contributed by atoms with Crippen molar-refractivity contribution in [2.75, 3.05) is 27.4 Å². The van der Waals surface area contributed by atoms with Crippen LogP contribution >= 0.6 is 0 Å². The largest absolute Gasteiger partial charge is 0.493 e. The van der Waals surface area contributed by atoms with Gasteiger partial charge in [-0.3, -0.25) is 4.68 Å². The van der Waals surface area contributed by atoms with Crippen molar-refractivity contribution >= 4 is 0 Å². The third kappa shape index (κ3) is 3.01. The van der Waals surface area contributed by atoms with Crippen LogP contribution in [0.2, 0.25) is 0 Å². The van der Waals surface area contributed by atoms with E-state index in [2.05, 4.69) is 27.4 Å². The van der Waals surface area contributed by atoms with Gasteiger partial charge < -0.3 is 18.7 Å². The van der Waals surface area contributed by atoms with Crippen molar-refractivity contribution in [3.63, 3.8) is 0 Å². The van der Waals surface area contributed by atoms with Gasteiger partial charge in [0.25, 0.3) is 5.89 Å². The highest BCUT2D eigenvalue weighted by atomic mass is 16.5. The summed E-state index contributed by atoms with van der Waals surface area (Å²) in [6.45, 7) is 4.34. The van der Waals surface area contributed by atoms with E-state index in [-0.39, 0.29) is 5.41 Å². The van der Waals surface area contributed by atoms with E-state index < -0.39 is 0 Å². The van der Waals surface area contributed by atoms with Crippen molar-refractivity contribution < 1.29 is 18.7 Å². The summed E-state index contributed by atoms with van der Waals surface area (Å²) in [7, 11) is 3.17. The second kappa shape index (κ2) is 6.41. The fourth-order valence-corrected chi connectivity index (χ4v) is 2.83. The first-order valence-electron chi connectivity index (χ1n) is 8.15. The topological polar surface area (TPSA) is 97.3 Å². The summed E-state index contributed by atoms with van der Waals surface area (Å²) in [4.78, 5) is 4.41. The third-order valence-electron chi connectivity index (χ3n) is 4.27. The van der Waals surface area contributed by atoms with E-state index in [1.807, 2.05) is 6.07 Å². The van der Waals surface area contributed by atoms with Gasteiger partial charge in [0.05, 0.1) is 40.2 Å². The summed E-state index contributed by atoms with van der Waals surface area (Å²) < 4.78 is 22.9.